The second-order valence-corrected chi connectivity index (χ2v) is 7.94. The fourth-order valence-electron chi connectivity index (χ4n) is 4.06. The summed E-state index contributed by atoms with van der Waals surface area (Å²) in [5.74, 6) is 0.961. The van der Waals surface area contributed by atoms with Crippen LogP contribution in [0.25, 0.3) is 0 Å². The third kappa shape index (κ3) is 4.01. The van der Waals surface area contributed by atoms with Gasteiger partial charge in [-0.1, -0.05) is 29.8 Å². The molecule has 1 saturated heterocycles. The second-order valence-electron chi connectivity index (χ2n) is 7.53. The number of nitrogens with zero attached hydrogens (tertiary/aromatic N) is 2. The minimum Gasteiger partial charge on any atom is -0.496 e. The van der Waals surface area contributed by atoms with Gasteiger partial charge in [0.1, 0.15) is 11.6 Å². The molecule has 1 aliphatic carbocycles. The number of amides is 1. The highest BCUT2D eigenvalue weighted by Gasteiger charge is 2.46. The summed E-state index contributed by atoms with van der Waals surface area (Å²) >= 11 is 6.28. The van der Waals surface area contributed by atoms with Crippen molar-refractivity contribution in [2.75, 3.05) is 33.3 Å². The van der Waals surface area contributed by atoms with E-state index in [2.05, 4.69) is 4.90 Å². The lowest BCUT2D eigenvalue weighted by Gasteiger charge is -2.35. The Balaban J connectivity index is 1.32. The lowest BCUT2D eigenvalue weighted by atomic mass is 10.1. The summed E-state index contributed by atoms with van der Waals surface area (Å²) in [5.41, 5.74) is 1.92. The van der Waals surface area contributed by atoms with Crippen molar-refractivity contribution in [1.29, 1.82) is 0 Å². The van der Waals surface area contributed by atoms with Gasteiger partial charge in [0.25, 0.3) is 0 Å². The first-order valence-corrected chi connectivity index (χ1v) is 10.0. The molecule has 4 rings (SSSR count). The number of benzene rings is 2. The minimum atomic E-state index is -0.260. The second kappa shape index (κ2) is 8.10. The van der Waals surface area contributed by atoms with Gasteiger partial charge in [0, 0.05) is 49.2 Å². The molecule has 28 heavy (non-hydrogen) atoms. The first kappa shape index (κ1) is 19.2. The summed E-state index contributed by atoms with van der Waals surface area (Å²) in [6.45, 7) is 3.56. The van der Waals surface area contributed by atoms with E-state index in [-0.39, 0.29) is 23.6 Å². The minimum absolute atomic E-state index is 0.0507. The zero-order valence-corrected chi connectivity index (χ0v) is 16.7. The predicted molar refractivity (Wildman–Crippen MR) is 107 cm³/mol. The average molecular weight is 403 g/mol. The van der Waals surface area contributed by atoms with Crippen LogP contribution < -0.4 is 4.74 Å². The van der Waals surface area contributed by atoms with E-state index in [9.17, 15) is 9.18 Å². The van der Waals surface area contributed by atoms with Gasteiger partial charge in [0.2, 0.25) is 5.91 Å². The smallest absolute Gasteiger partial charge is 0.226 e. The maximum atomic E-state index is 13.6. The Morgan fingerprint density at radius 2 is 1.93 bits per heavy atom. The molecular formula is C22H24ClFN2O2. The molecule has 1 amide bonds. The number of ether oxygens (including phenoxy) is 1. The van der Waals surface area contributed by atoms with Crippen molar-refractivity contribution < 1.29 is 13.9 Å². The Kier molecular flexibility index (Phi) is 5.56. The molecule has 0 radical (unpaired) electrons. The zero-order valence-electron chi connectivity index (χ0n) is 15.9. The summed E-state index contributed by atoms with van der Waals surface area (Å²) in [4.78, 5) is 17.1. The van der Waals surface area contributed by atoms with Crippen LogP contribution in [-0.2, 0) is 11.3 Å². The van der Waals surface area contributed by atoms with Gasteiger partial charge < -0.3 is 9.64 Å². The van der Waals surface area contributed by atoms with E-state index in [0.29, 0.717) is 25.4 Å². The number of halogens is 2. The van der Waals surface area contributed by atoms with Crippen molar-refractivity contribution in [1.82, 2.24) is 9.80 Å². The van der Waals surface area contributed by atoms with Crippen molar-refractivity contribution in [3.8, 4) is 5.75 Å². The van der Waals surface area contributed by atoms with Crippen molar-refractivity contribution in [3.05, 3.63) is 64.4 Å². The van der Waals surface area contributed by atoms with Crippen LogP contribution in [0.2, 0.25) is 5.02 Å². The molecule has 0 N–H and O–H groups in total. The monoisotopic (exact) mass is 402 g/mol. The number of carbonyl (C=O) groups is 1. The highest BCUT2D eigenvalue weighted by Crippen LogP contribution is 2.50. The van der Waals surface area contributed by atoms with E-state index in [1.54, 1.807) is 13.2 Å². The normalized spacial score (nSPS) is 22.2. The average Bonchev–Trinajstić information content (AvgIpc) is 3.49. The summed E-state index contributed by atoms with van der Waals surface area (Å²) in [7, 11) is 1.60. The highest BCUT2D eigenvalue weighted by molar-refractivity contribution is 6.31. The number of hydrogen-bond acceptors (Lipinski definition) is 3. The van der Waals surface area contributed by atoms with Gasteiger partial charge in [-0.25, -0.2) is 4.39 Å². The van der Waals surface area contributed by atoms with Crippen LogP contribution in [0, 0.1) is 11.7 Å². The third-order valence-electron chi connectivity index (χ3n) is 5.73. The van der Waals surface area contributed by atoms with Crippen molar-refractivity contribution in [2.45, 2.75) is 18.9 Å². The van der Waals surface area contributed by atoms with Crippen LogP contribution in [0.4, 0.5) is 4.39 Å². The number of methoxy groups -OCH3 is 1. The Morgan fingerprint density at radius 3 is 2.64 bits per heavy atom. The van der Waals surface area contributed by atoms with E-state index < -0.39 is 0 Å². The van der Waals surface area contributed by atoms with Crippen molar-refractivity contribution >= 4 is 17.5 Å². The quantitative estimate of drug-likeness (QED) is 0.759. The molecule has 0 spiro atoms. The van der Waals surface area contributed by atoms with Crippen LogP contribution in [0.1, 0.15) is 23.5 Å². The van der Waals surface area contributed by atoms with Gasteiger partial charge in [-0.2, -0.15) is 0 Å². The molecule has 1 saturated carbocycles. The molecule has 0 aromatic heterocycles. The van der Waals surface area contributed by atoms with Gasteiger partial charge in [0.05, 0.1) is 7.11 Å². The Bertz CT molecular complexity index is 867. The topological polar surface area (TPSA) is 32.8 Å². The molecule has 4 nitrogen and oxygen atoms in total. The fraction of sp³-hybridized carbons (Fsp3) is 0.409. The van der Waals surface area contributed by atoms with Gasteiger partial charge in [-0.05, 0) is 42.2 Å². The van der Waals surface area contributed by atoms with Crippen LogP contribution >= 0.6 is 11.6 Å². The highest BCUT2D eigenvalue weighted by atomic mass is 35.5. The Hall–Kier alpha value is -2.11. The van der Waals surface area contributed by atoms with Crippen molar-refractivity contribution in [3.63, 3.8) is 0 Å². The van der Waals surface area contributed by atoms with E-state index in [1.807, 2.05) is 29.2 Å². The van der Waals surface area contributed by atoms with Crippen LogP contribution in [0.15, 0.2) is 42.5 Å². The summed E-state index contributed by atoms with van der Waals surface area (Å²) in [6.07, 6.45) is 0.878. The summed E-state index contributed by atoms with van der Waals surface area (Å²) < 4.78 is 18.9. The molecule has 1 heterocycles. The standard InChI is InChI=1S/C22H24ClFN2O2/c1-28-21-7-6-16(24)12-15(21)14-25-8-10-26(11-9-25)22(27)19-13-18(19)17-4-2-3-5-20(17)23/h2-7,12,18-19H,8-11,13-14H2,1H3. The van der Waals surface area contributed by atoms with Gasteiger partial charge in [-0.15, -0.1) is 0 Å². The molecule has 148 valence electrons. The zero-order chi connectivity index (χ0) is 19.7. The molecule has 2 fully saturated rings. The third-order valence-corrected chi connectivity index (χ3v) is 6.08. The van der Waals surface area contributed by atoms with Crippen LogP contribution in [0.3, 0.4) is 0 Å². The number of hydrogen-bond donors (Lipinski definition) is 0. The molecule has 2 unspecified atom stereocenters. The Morgan fingerprint density at radius 1 is 1.18 bits per heavy atom. The first-order valence-electron chi connectivity index (χ1n) is 9.65. The van der Waals surface area contributed by atoms with E-state index >= 15 is 0 Å². The summed E-state index contributed by atoms with van der Waals surface area (Å²) in [5, 5.41) is 0.747. The molecule has 0 bridgehead atoms. The maximum absolute atomic E-state index is 13.6. The Labute approximate surface area is 169 Å². The van der Waals surface area contributed by atoms with E-state index in [4.69, 9.17) is 16.3 Å². The SMILES string of the molecule is COc1ccc(F)cc1CN1CCN(C(=O)C2CC2c2ccccc2Cl)CC1. The van der Waals surface area contributed by atoms with E-state index in [0.717, 1.165) is 35.7 Å². The number of carbonyl (C=O) groups excluding carboxylic acids is 1. The molecular weight excluding hydrogens is 379 g/mol. The molecule has 2 atom stereocenters. The van der Waals surface area contributed by atoms with Crippen LogP contribution in [-0.4, -0.2) is 49.0 Å². The van der Waals surface area contributed by atoms with Crippen molar-refractivity contribution in [2.24, 2.45) is 5.92 Å². The van der Waals surface area contributed by atoms with Gasteiger partial charge in [0.15, 0.2) is 0 Å². The van der Waals surface area contributed by atoms with E-state index in [1.165, 1.54) is 12.1 Å². The molecule has 1 aliphatic heterocycles. The number of piperazine rings is 1. The lowest BCUT2D eigenvalue weighted by molar-refractivity contribution is -0.134. The first-order chi connectivity index (χ1) is 13.6. The fourth-order valence-corrected chi connectivity index (χ4v) is 4.34. The molecule has 2 aromatic rings. The predicted octanol–water partition coefficient (Wildman–Crippen LogP) is 3.94. The van der Waals surface area contributed by atoms with Gasteiger partial charge >= 0.3 is 0 Å². The lowest BCUT2D eigenvalue weighted by Crippen LogP contribution is -2.48. The number of rotatable bonds is 5. The van der Waals surface area contributed by atoms with Gasteiger partial charge in [-0.3, -0.25) is 9.69 Å². The largest absolute Gasteiger partial charge is 0.496 e. The molecule has 2 aliphatic rings. The summed E-state index contributed by atoms with van der Waals surface area (Å²) in [6, 6.07) is 12.4. The molecule has 2 aromatic carbocycles. The molecule has 6 heteroatoms. The maximum Gasteiger partial charge on any atom is 0.226 e. The van der Waals surface area contributed by atoms with Crippen LogP contribution in [0.5, 0.6) is 5.75 Å².